The molecule has 0 amide bonds. The van der Waals surface area contributed by atoms with E-state index in [4.69, 9.17) is 0 Å². The molecule has 0 aliphatic rings. The molecule has 21 heavy (non-hydrogen) atoms. The fourth-order valence-corrected chi connectivity index (χ4v) is 3.49. The molecule has 2 rings (SSSR count). The van der Waals surface area contributed by atoms with Crippen LogP contribution in [0, 0.1) is 0 Å². The molecule has 2 aromatic carbocycles. The van der Waals surface area contributed by atoms with Gasteiger partial charge in [-0.1, -0.05) is 62.9 Å². The maximum Gasteiger partial charge on any atom is 0.0326 e. The van der Waals surface area contributed by atoms with Gasteiger partial charge in [0.2, 0.25) is 0 Å². The van der Waals surface area contributed by atoms with Crippen LogP contribution in [-0.2, 0) is 0 Å². The van der Waals surface area contributed by atoms with E-state index in [0.717, 1.165) is 6.42 Å². The van der Waals surface area contributed by atoms with Gasteiger partial charge in [-0.05, 0) is 48.7 Å². The van der Waals surface area contributed by atoms with Crippen LogP contribution in [0.25, 0.3) is 0 Å². The van der Waals surface area contributed by atoms with Gasteiger partial charge >= 0.3 is 0 Å². The summed E-state index contributed by atoms with van der Waals surface area (Å²) in [6.45, 7) is 6.69. The van der Waals surface area contributed by atoms with Crippen LogP contribution in [-0.4, -0.2) is 7.05 Å². The summed E-state index contributed by atoms with van der Waals surface area (Å²) >= 11 is 1.85. The van der Waals surface area contributed by atoms with Gasteiger partial charge in [0, 0.05) is 15.8 Å². The monoisotopic (exact) mass is 299 g/mol. The second-order valence-corrected chi connectivity index (χ2v) is 6.73. The number of benzene rings is 2. The molecule has 1 N–H and O–H groups in total. The van der Waals surface area contributed by atoms with E-state index in [-0.39, 0.29) is 0 Å². The number of hydrogen-bond acceptors (Lipinski definition) is 2. The van der Waals surface area contributed by atoms with Crippen molar-refractivity contribution in [3.8, 4) is 0 Å². The summed E-state index contributed by atoms with van der Waals surface area (Å²) in [7, 11) is 2.03. The van der Waals surface area contributed by atoms with Gasteiger partial charge in [0.1, 0.15) is 0 Å². The first-order chi connectivity index (χ1) is 10.2. The molecule has 1 nitrogen and oxygen atoms in total. The Morgan fingerprint density at radius 2 is 1.67 bits per heavy atom. The van der Waals surface area contributed by atoms with E-state index >= 15 is 0 Å². The van der Waals surface area contributed by atoms with Crippen molar-refractivity contribution in [3.05, 3.63) is 59.7 Å². The third-order valence-corrected chi connectivity index (χ3v) is 4.93. The third kappa shape index (κ3) is 4.12. The van der Waals surface area contributed by atoms with E-state index < -0.39 is 0 Å². The summed E-state index contributed by atoms with van der Waals surface area (Å²) in [5.74, 6) is 0.588. The van der Waals surface area contributed by atoms with Gasteiger partial charge in [-0.2, -0.15) is 0 Å². The predicted molar refractivity (Wildman–Crippen MR) is 93.2 cm³/mol. The highest BCUT2D eigenvalue weighted by Gasteiger charge is 2.12. The van der Waals surface area contributed by atoms with E-state index in [1.54, 1.807) is 0 Å². The smallest absolute Gasteiger partial charge is 0.0326 e. The van der Waals surface area contributed by atoms with E-state index in [2.05, 4.69) is 74.6 Å². The Balaban J connectivity index is 2.23. The molecule has 0 radical (unpaired) electrons. The minimum absolute atomic E-state index is 0.420. The first-order valence-corrected chi connectivity index (χ1v) is 8.51. The Labute approximate surface area is 133 Å². The predicted octanol–water partition coefficient (Wildman–Crippen LogP) is 5.63. The Bertz CT molecular complexity index is 556. The highest BCUT2D eigenvalue weighted by molar-refractivity contribution is 7.99. The maximum atomic E-state index is 3.40. The standard InChI is InChI=1S/C19H25NS/c1-5-18(20-4)17-8-6-7-9-19(17)21-16-12-10-15(11-13-16)14(2)3/h6-14,18,20H,5H2,1-4H3. The highest BCUT2D eigenvalue weighted by atomic mass is 32.2. The van der Waals surface area contributed by atoms with Crippen LogP contribution in [0.4, 0.5) is 0 Å². The Kier molecular flexibility index (Phi) is 5.89. The maximum absolute atomic E-state index is 3.40. The molecular formula is C19H25NS. The van der Waals surface area contributed by atoms with Crippen molar-refractivity contribution < 1.29 is 0 Å². The van der Waals surface area contributed by atoms with Crippen molar-refractivity contribution in [2.75, 3.05) is 7.05 Å². The van der Waals surface area contributed by atoms with Crippen molar-refractivity contribution in [2.45, 2.75) is 48.9 Å². The second kappa shape index (κ2) is 7.67. The van der Waals surface area contributed by atoms with Crippen LogP contribution in [0.5, 0.6) is 0 Å². The summed E-state index contributed by atoms with van der Waals surface area (Å²) in [4.78, 5) is 2.65. The van der Waals surface area contributed by atoms with Crippen molar-refractivity contribution in [1.29, 1.82) is 0 Å². The lowest BCUT2D eigenvalue weighted by Crippen LogP contribution is -2.15. The summed E-state index contributed by atoms with van der Waals surface area (Å²) < 4.78 is 0. The van der Waals surface area contributed by atoms with Crippen LogP contribution < -0.4 is 5.32 Å². The average Bonchev–Trinajstić information content (AvgIpc) is 2.50. The number of nitrogens with one attached hydrogen (secondary N) is 1. The van der Waals surface area contributed by atoms with Crippen molar-refractivity contribution in [1.82, 2.24) is 5.32 Å². The molecule has 0 saturated carbocycles. The molecule has 0 spiro atoms. The molecule has 0 aliphatic carbocycles. The summed E-state index contributed by atoms with van der Waals surface area (Å²) in [6.07, 6.45) is 1.10. The summed E-state index contributed by atoms with van der Waals surface area (Å²) in [6, 6.07) is 18.1. The Morgan fingerprint density at radius 3 is 2.24 bits per heavy atom. The van der Waals surface area contributed by atoms with Crippen LogP contribution in [0.15, 0.2) is 58.3 Å². The zero-order chi connectivity index (χ0) is 15.2. The zero-order valence-corrected chi connectivity index (χ0v) is 14.2. The molecule has 112 valence electrons. The fourth-order valence-electron chi connectivity index (χ4n) is 2.49. The van der Waals surface area contributed by atoms with Crippen LogP contribution in [0.2, 0.25) is 0 Å². The van der Waals surface area contributed by atoms with Gasteiger partial charge in [-0.3, -0.25) is 0 Å². The SMILES string of the molecule is CCC(NC)c1ccccc1Sc1ccc(C(C)C)cc1. The van der Waals surface area contributed by atoms with E-state index in [1.807, 2.05) is 18.8 Å². The van der Waals surface area contributed by atoms with Gasteiger partial charge in [-0.25, -0.2) is 0 Å². The molecule has 0 heterocycles. The second-order valence-electron chi connectivity index (χ2n) is 5.61. The van der Waals surface area contributed by atoms with Gasteiger partial charge in [-0.15, -0.1) is 0 Å². The minimum atomic E-state index is 0.420. The van der Waals surface area contributed by atoms with Crippen molar-refractivity contribution in [3.63, 3.8) is 0 Å². The number of hydrogen-bond donors (Lipinski definition) is 1. The Hall–Kier alpha value is -1.25. The van der Waals surface area contributed by atoms with Gasteiger partial charge in [0.15, 0.2) is 0 Å². The molecule has 0 aliphatic heterocycles. The largest absolute Gasteiger partial charge is 0.313 e. The zero-order valence-electron chi connectivity index (χ0n) is 13.4. The topological polar surface area (TPSA) is 12.0 Å². The molecule has 1 atom stereocenters. The lowest BCUT2D eigenvalue weighted by atomic mass is 10.0. The summed E-state index contributed by atoms with van der Waals surface area (Å²) in [5, 5.41) is 3.40. The quantitative estimate of drug-likeness (QED) is 0.741. The molecule has 0 aromatic heterocycles. The van der Waals surface area contributed by atoms with Crippen molar-refractivity contribution in [2.24, 2.45) is 0 Å². The lowest BCUT2D eigenvalue weighted by Gasteiger charge is -2.18. The van der Waals surface area contributed by atoms with Gasteiger partial charge in [0.05, 0.1) is 0 Å². The van der Waals surface area contributed by atoms with Crippen LogP contribution in [0.3, 0.4) is 0 Å². The molecule has 0 bridgehead atoms. The van der Waals surface area contributed by atoms with Crippen LogP contribution in [0.1, 0.15) is 50.3 Å². The molecule has 1 unspecified atom stereocenters. The summed E-state index contributed by atoms with van der Waals surface area (Å²) in [5.41, 5.74) is 2.79. The normalized spacial score (nSPS) is 12.6. The Morgan fingerprint density at radius 1 is 1.00 bits per heavy atom. The molecule has 2 heteroatoms. The third-order valence-electron chi connectivity index (χ3n) is 3.83. The van der Waals surface area contributed by atoms with E-state index in [9.17, 15) is 0 Å². The van der Waals surface area contributed by atoms with E-state index in [1.165, 1.54) is 20.9 Å². The lowest BCUT2D eigenvalue weighted by molar-refractivity contribution is 0.568. The number of rotatable bonds is 6. The molecule has 0 fully saturated rings. The molecule has 2 aromatic rings. The minimum Gasteiger partial charge on any atom is -0.313 e. The van der Waals surface area contributed by atoms with Crippen molar-refractivity contribution >= 4 is 11.8 Å². The first-order valence-electron chi connectivity index (χ1n) is 7.69. The van der Waals surface area contributed by atoms with Gasteiger partial charge in [0.25, 0.3) is 0 Å². The van der Waals surface area contributed by atoms with Gasteiger partial charge < -0.3 is 5.32 Å². The fraction of sp³-hybridized carbons (Fsp3) is 0.368. The average molecular weight is 299 g/mol. The molecular weight excluding hydrogens is 274 g/mol. The van der Waals surface area contributed by atoms with Crippen LogP contribution >= 0.6 is 11.8 Å². The highest BCUT2D eigenvalue weighted by Crippen LogP contribution is 2.34. The van der Waals surface area contributed by atoms with E-state index in [0.29, 0.717) is 12.0 Å². The molecule has 0 saturated heterocycles. The first kappa shape index (κ1) is 16.1.